The monoisotopic (exact) mass is 500 g/mol. The number of hydrogen-bond donors (Lipinski definition) is 0. The molecule has 0 aliphatic carbocycles. The third kappa shape index (κ3) is 4.86. The highest BCUT2D eigenvalue weighted by molar-refractivity contribution is 5.86. The Labute approximate surface area is 218 Å². The van der Waals surface area contributed by atoms with E-state index in [2.05, 4.69) is 70.9 Å². The molecule has 37 heavy (non-hydrogen) atoms. The summed E-state index contributed by atoms with van der Waals surface area (Å²) >= 11 is 0. The minimum atomic E-state index is -0.310. The molecule has 1 unspecified atom stereocenters. The molecule has 0 N–H and O–H groups in total. The van der Waals surface area contributed by atoms with Crippen LogP contribution in [0.25, 0.3) is 11.0 Å². The molecule has 4 heterocycles. The minimum absolute atomic E-state index is 0.127. The minimum Gasteiger partial charge on any atom is -0.381 e. The van der Waals surface area contributed by atoms with E-state index < -0.39 is 0 Å². The van der Waals surface area contributed by atoms with Crippen LogP contribution in [-0.2, 0) is 11.8 Å². The lowest BCUT2D eigenvalue weighted by atomic mass is 9.90. The first-order chi connectivity index (χ1) is 17.9. The zero-order valence-corrected chi connectivity index (χ0v) is 22.2. The van der Waals surface area contributed by atoms with Crippen LogP contribution in [0.15, 0.2) is 41.2 Å². The number of rotatable bonds is 5. The smallest absolute Gasteiger partial charge is 0.349 e. The number of anilines is 1. The van der Waals surface area contributed by atoms with E-state index in [4.69, 9.17) is 4.74 Å². The Kier molecular flexibility index (Phi) is 7.27. The molecule has 3 aromatic rings. The van der Waals surface area contributed by atoms with Gasteiger partial charge < -0.3 is 9.64 Å². The fourth-order valence-electron chi connectivity index (χ4n) is 5.94. The first kappa shape index (κ1) is 25.4. The van der Waals surface area contributed by atoms with Crippen molar-refractivity contribution in [2.24, 2.45) is 7.05 Å². The number of nitriles is 1. The average Bonchev–Trinajstić information content (AvgIpc) is 2.95. The lowest BCUT2D eigenvalue weighted by molar-refractivity contribution is 0.0853. The number of pyridine rings is 1. The van der Waals surface area contributed by atoms with Gasteiger partial charge in [-0.3, -0.25) is 9.47 Å². The number of hydrogen-bond acceptors (Lipinski definition) is 7. The van der Waals surface area contributed by atoms with Crippen LogP contribution in [0.2, 0.25) is 0 Å². The number of ether oxygens (including phenoxy) is 1. The first-order valence-electron chi connectivity index (χ1n) is 13.4. The molecular formula is C29H36N6O2. The Morgan fingerprint density at radius 2 is 1.84 bits per heavy atom. The molecule has 194 valence electrons. The number of benzene rings is 1. The fourth-order valence-corrected chi connectivity index (χ4v) is 5.94. The quantitative estimate of drug-likeness (QED) is 0.520. The topological polar surface area (TPSA) is 87.3 Å². The maximum Gasteiger partial charge on any atom is 0.349 e. The molecule has 0 bridgehead atoms. The van der Waals surface area contributed by atoms with Crippen molar-refractivity contribution < 1.29 is 4.74 Å². The maximum absolute atomic E-state index is 12.7. The Morgan fingerprint density at radius 3 is 2.51 bits per heavy atom. The Balaban J connectivity index is 1.41. The van der Waals surface area contributed by atoms with Crippen molar-refractivity contribution >= 4 is 16.9 Å². The number of nitrogens with zero attached hydrogens (tertiary/aromatic N) is 6. The zero-order valence-electron chi connectivity index (χ0n) is 22.2. The molecule has 8 heteroatoms. The van der Waals surface area contributed by atoms with Crippen LogP contribution in [0.4, 0.5) is 5.82 Å². The van der Waals surface area contributed by atoms with Crippen molar-refractivity contribution in [3.63, 3.8) is 0 Å². The molecule has 2 aromatic heterocycles. The Hall–Kier alpha value is -3.28. The normalized spacial score (nSPS) is 22.2. The van der Waals surface area contributed by atoms with Crippen molar-refractivity contribution in [1.82, 2.24) is 19.4 Å². The highest BCUT2D eigenvalue weighted by Crippen LogP contribution is 2.34. The molecular weight excluding hydrogens is 464 g/mol. The summed E-state index contributed by atoms with van der Waals surface area (Å²) in [5, 5.41) is 9.42. The van der Waals surface area contributed by atoms with E-state index in [1.807, 2.05) is 0 Å². The number of aromatic nitrogens is 3. The van der Waals surface area contributed by atoms with Gasteiger partial charge in [0, 0.05) is 51.5 Å². The van der Waals surface area contributed by atoms with Gasteiger partial charge in [0.05, 0.1) is 5.52 Å². The molecule has 0 radical (unpaired) electrons. The molecule has 2 aliphatic rings. The standard InChI is InChI=1S/C29H36N6O2/c1-5-25-18-34(28-27-26(33(4)29(36)32-28)11-10-24(16-30)31-27)19(2)17-35(25)20(3)21-6-8-22(9-7-21)23-12-14-37-15-13-23/h6-11,19-20,23,25H,5,12-15,17-18H2,1-4H3/t19-,20?,25+/m0/s1. The van der Waals surface area contributed by atoms with E-state index in [9.17, 15) is 10.1 Å². The van der Waals surface area contributed by atoms with Crippen LogP contribution in [-0.4, -0.2) is 57.8 Å². The molecule has 2 aliphatic heterocycles. The molecule has 0 amide bonds. The third-order valence-corrected chi connectivity index (χ3v) is 8.29. The first-order valence-corrected chi connectivity index (χ1v) is 13.4. The second-order valence-corrected chi connectivity index (χ2v) is 10.4. The molecule has 5 rings (SSSR count). The zero-order chi connectivity index (χ0) is 26.1. The number of piperazine rings is 1. The third-order valence-electron chi connectivity index (χ3n) is 8.29. The Bertz CT molecular complexity index is 1360. The largest absolute Gasteiger partial charge is 0.381 e. The van der Waals surface area contributed by atoms with Gasteiger partial charge in [0.2, 0.25) is 0 Å². The molecule has 1 aromatic carbocycles. The summed E-state index contributed by atoms with van der Waals surface area (Å²) in [5.41, 5.74) is 4.05. The van der Waals surface area contributed by atoms with Crippen LogP contribution >= 0.6 is 0 Å². The van der Waals surface area contributed by atoms with Crippen LogP contribution < -0.4 is 10.6 Å². The second kappa shape index (κ2) is 10.6. The van der Waals surface area contributed by atoms with Gasteiger partial charge in [-0.1, -0.05) is 31.2 Å². The van der Waals surface area contributed by atoms with Gasteiger partial charge in [0.1, 0.15) is 17.3 Å². The van der Waals surface area contributed by atoms with E-state index in [0.717, 1.165) is 45.6 Å². The van der Waals surface area contributed by atoms with Gasteiger partial charge in [0.25, 0.3) is 0 Å². The molecule has 2 fully saturated rings. The van der Waals surface area contributed by atoms with Crippen molar-refractivity contribution in [3.05, 3.63) is 63.7 Å². The average molecular weight is 501 g/mol. The number of fused-ring (bicyclic) bond motifs is 1. The van der Waals surface area contributed by atoms with Crippen molar-refractivity contribution in [1.29, 1.82) is 5.26 Å². The second-order valence-electron chi connectivity index (χ2n) is 10.4. The van der Waals surface area contributed by atoms with Crippen LogP contribution in [0.1, 0.15) is 68.8 Å². The van der Waals surface area contributed by atoms with Crippen LogP contribution in [0.3, 0.4) is 0 Å². The lowest BCUT2D eigenvalue weighted by Crippen LogP contribution is -2.58. The van der Waals surface area contributed by atoms with Crippen LogP contribution in [0.5, 0.6) is 0 Å². The summed E-state index contributed by atoms with van der Waals surface area (Å²) in [6.45, 7) is 9.99. The molecule has 0 saturated carbocycles. The van der Waals surface area contributed by atoms with Gasteiger partial charge in [-0.15, -0.1) is 0 Å². The summed E-state index contributed by atoms with van der Waals surface area (Å²) in [6, 6.07) is 15.4. The Morgan fingerprint density at radius 1 is 1.11 bits per heavy atom. The fraction of sp³-hybridized carbons (Fsp3) is 0.517. The van der Waals surface area contributed by atoms with Crippen molar-refractivity contribution in [2.75, 3.05) is 31.2 Å². The van der Waals surface area contributed by atoms with E-state index in [-0.39, 0.29) is 17.8 Å². The molecule has 0 spiro atoms. The van der Waals surface area contributed by atoms with E-state index >= 15 is 0 Å². The summed E-state index contributed by atoms with van der Waals surface area (Å²) in [7, 11) is 1.69. The van der Waals surface area contributed by atoms with Crippen molar-refractivity contribution in [3.8, 4) is 6.07 Å². The SMILES string of the molecule is CC[C@@H]1CN(c2nc(=O)n(C)c3ccc(C#N)nc23)[C@@H](C)CN1C(C)c1ccc(C2CCOCC2)cc1. The van der Waals surface area contributed by atoms with E-state index in [1.54, 1.807) is 19.2 Å². The van der Waals surface area contributed by atoms with Gasteiger partial charge in [0.15, 0.2) is 5.82 Å². The molecule has 2 saturated heterocycles. The summed E-state index contributed by atoms with van der Waals surface area (Å²) in [6.07, 6.45) is 3.18. The summed E-state index contributed by atoms with van der Waals surface area (Å²) < 4.78 is 7.03. The van der Waals surface area contributed by atoms with Gasteiger partial charge in [-0.25, -0.2) is 9.78 Å². The van der Waals surface area contributed by atoms with Gasteiger partial charge in [-0.2, -0.15) is 10.2 Å². The van der Waals surface area contributed by atoms with Gasteiger partial charge >= 0.3 is 5.69 Å². The molecule has 8 nitrogen and oxygen atoms in total. The molecule has 3 atom stereocenters. The predicted octanol–water partition coefficient (Wildman–Crippen LogP) is 4.14. The number of aryl methyl sites for hydroxylation is 1. The maximum atomic E-state index is 12.7. The summed E-state index contributed by atoms with van der Waals surface area (Å²) in [4.78, 5) is 26.5. The van der Waals surface area contributed by atoms with Crippen LogP contribution in [0, 0.1) is 11.3 Å². The predicted molar refractivity (Wildman–Crippen MR) is 145 cm³/mol. The van der Waals surface area contributed by atoms with E-state index in [1.165, 1.54) is 15.7 Å². The van der Waals surface area contributed by atoms with Gasteiger partial charge in [-0.05, 0) is 62.3 Å². The van der Waals surface area contributed by atoms with Crippen molar-refractivity contribution in [2.45, 2.75) is 64.1 Å². The highest BCUT2D eigenvalue weighted by atomic mass is 16.5. The highest BCUT2D eigenvalue weighted by Gasteiger charge is 2.35. The summed E-state index contributed by atoms with van der Waals surface area (Å²) in [5.74, 6) is 1.18. The lowest BCUT2D eigenvalue weighted by Gasteiger charge is -2.48. The van der Waals surface area contributed by atoms with E-state index in [0.29, 0.717) is 34.5 Å².